The molecule has 1 unspecified atom stereocenters. The summed E-state index contributed by atoms with van der Waals surface area (Å²) in [7, 11) is 0. The molecular formula is C21H21N3O4. The van der Waals surface area contributed by atoms with Crippen LogP contribution < -0.4 is 14.8 Å². The van der Waals surface area contributed by atoms with Crippen LogP contribution in [0, 0.1) is 0 Å². The minimum atomic E-state index is -1.12. The molecule has 0 saturated carbocycles. The summed E-state index contributed by atoms with van der Waals surface area (Å²) in [5.74, 6) is 0.982. The number of carbonyl (C=O) groups is 2. The average Bonchev–Trinajstić information content (AvgIpc) is 3.26. The first-order valence-electron chi connectivity index (χ1n) is 9.38. The molecule has 0 aliphatic carbocycles. The average molecular weight is 379 g/mol. The molecule has 1 atom stereocenters. The van der Waals surface area contributed by atoms with Gasteiger partial charge in [0.05, 0.1) is 6.67 Å². The summed E-state index contributed by atoms with van der Waals surface area (Å²) in [5.41, 5.74) is 2.15. The van der Waals surface area contributed by atoms with Gasteiger partial charge < -0.3 is 14.8 Å². The number of amides is 3. The Morgan fingerprint density at radius 1 is 1.07 bits per heavy atom. The second-order valence-corrected chi connectivity index (χ2v) is 7.57. The molecule has 1 N–H and O–H groups in total. The van der Waals surface area contributed by atoms with Crippen LogP contribution in [0.1, 0.15) is 23.6 Å². The number of carbonyl (C=O) groups excluding carboxylic acids is 2. The van der Waals surface area contributed by atoms with E-state index in [-0.39, 0.29) is 25.4 Å². The Hall–Kier alpha value is -3.06. The van der Waals surface area contributed by atoms with Crippen LogP contribution in [-0.4, -0.2) is 41.7 Å². The Balaban J connectivity index is 1.36. The van der Waals surface area contributed by atoms with E-state index in [4.69, 9.17) is 9.47 Å². The predicted octanol–water partition coefficient (Wildman–Crippen LogP) is 2.20. The standard InChI is InChI=1S/C21H21N3O4/c1-21(16-6-7-17-18(10-16)28-13-27-17)19(25)24(20(26)22-21)12-23-9-8-14-4-2-3-5-15(14)11-23/h2-7,10H,8-9,11-13H2,1H3,(H,22,26). The first-order chi connectivity index (χ1) is 13.5. The molecule has 3 aliphatic heterocycles. The number of rotatable bonds is 3. The van der Waals surface area contributed by atoms with E-state index in [2.05, 4.69) is 22.3 Å². The highest BCUT2D eigenvalue weighted by Gasteiger charge is 2.49. The molecule has 28 heavy (non-hydrogen) atoms. The number of benzene rings is 2. The molecule has 0 spiro atoms. The summed E-state index contributed by atoms with van der Waals surface area (Å²) in [6.07, 6.45) is 0.916. The highest BCUT2D eigenvalue weighted by atomic mass is 16.7. The summed E-state index contributed by atoms with van der Waals surface area (Å²) >= 11 is 0. The van der Waals surface area contributed by atoms with Crippen molar-refractivity contribution in [1.82, 2.24) is 15.1 Å². The number of nitrogens with zero attached hydrogens (tertiary/aromatic N) is 2. The van der Waals surface area contributed by atoms with Gasteiger partial charge in [-0.15, -0.1) is 0 Å². The van der Waals surface area contributed by atoms with Crippen molar-refractivity contribution < 1.29 is 19.1 Å². The molecule has 3 heterocycles. The molecule has 2 aromatic carbocycles. The SMILES string of the molecule is CC1(c2ccc3c(c2)OCO3)NC(=O)N(CN2CCc3ccccc3C2)C1=O. The maximum absolute atomic E-state index is 13.2. The summed E-state index contributed by atoms with van der Waals surface area (Å²) in [6.45, 7) is 3.72. The Bertz CT molecular complexity index is 976. The zero-order valence-corrected chi connectivity index (χ0v) is 15.6. The number of urea groups is 1. The third-order valence-corrected chi connectivity index (χ3v) is 5.78. The van der Waals surface area contributed by atoms with Crippen molar-refractivity contribution >= 4 is 11.9 Å². The molecule has 5 rings (SSSR count). The van der Waals surface area contributed by atoms with Crippen LogP contribution in [0.5, 0.6) is 11.5 Å². The van der Waals surface area contributed by atoms with Gasteiger partial charge in [-0.1, -0.05) is 30.3 Å². The van der Waals surface area contributed by atoms with Gasteiger partial charge in [0.1, 0.15) is 5.54 Å². The predicted molar refractivity (Wildman–Crippen MR) is 101 cm³/mol. The van der Waals surface area contributed by atoms with Crippen molar-refractivity contribution in [2.24, 2.45) is 0 Å². The van der Waals surface area contributed by atoms with E-state index in [0.717, 1.165) is 19.5 Å². The molecule has 0 aromatic heterocycles. The van der Waals surface area contributed by atoms with Crippen molar-refractivity contribution in [2.75, 3.05) is 20.0 Å². The largest absolute Gasteiger partial charge is 0.454 e. The lowest BCUT2D eigenvalue weighted by Crippen LogP contribution is -2.45. The molecule has 0 radical (unpaired) electrons. The molecule has 144 valence electrons. The van der Waals surface area contributed by atoms with E-state index in [9.17, 15) is 9.59 Å². The summed E-state index contributed by atoms with van der Waals surface area (Å²) in [5, 5.41) is 2.86. The van der Waals surface area contributed by atoms with Crippen molar-refractivity contribution in [3.8, 4) is 11.5 Å². The summed E-state index contributed by atoms with van der Waals surface area (Å²) in [6, 6.07) is 13.3. The van der Waals surface area contributed by atoms with Crippen LogP contribution in [0.15, 0.2) is 42.5 Å². The summed E-state index contributed by atoms with van der Waals surface area (Å²) < 4.78 is 10.8. The maximum Gasteiger partial charge on any atom is 0.326 e. The zero-order valence-electron chi connectivity index (χ0n) is 15.6. The number of hydrogen-bond donors (Lipinski definition) is 1. The topological polar surface area (TPSA) is 71.1 Å². The van der Waals surface area contributed by atoms with E-state index < -0.39 is 5.54 Å². The van der Waals surface area contributed by atoms with Gasteiger partial charge in [-0.3, -0.25) is 9.69 Å². The molecule has 3 amide bonds. The molecule has 1 fully saturated rings. The smallest absolute Gasteiger partial charge is 0.326 e. The van der Waals surface area contributed by atoms with Crippen molar-refractivity contribution in [3.05, 3.63) is 59.2 Å². The van der Waals surface area contributed by atoms with Crippen LogP contribution in [-0.2, 0) is 23.3 Å². The summed E-state index contributed by atoms with van der Waals surface area (Å²) in [4.78, 5) is 29.3. The lowest BCUT2D eigenvalue weighted by molar-refractivity contribution is -0.132. The van der Waals surface area contributed by atoms with Crippen LogP contribution >= 0.6 is 0 Å². The van der Waals surface area contributed by atoms with Crippen molar-refractivity contribution in [2.45, 2.75) is 25.4 Å². The van der Waals surface area contributed by atoms with E-state index in [1.54, 1.807) is 25.1 Å². The van der Waals surface area contributed by atoms with E-state index in [1.807, 2.05) is 12.1 Å². The highest BCUT2D eigenvalue weighted by molar-refractivity contribution is 6.07. The monoisotopic (exact) mass is 379 g/mol. The Morgan fingerprint density at radius 3 is 2.71 bits per heavy atom. The maximum atomic E-state index is 13.2. The fourth-order valence-corrected chi connectivity index (χ4v) is 4.10. The normalized spacial score (nSPS) is 23.7. The number of hydrogen-bond acceptors (Lipinski definition) is 5. The van der Waals surface area contributed by atoms with Crippen molar-refractivity contribution in [1.29, 1.82) is 0 Å². The minimum Gasteiger partial charge on any atom is -0.454 e. The van der Waals surface area contributed by atoms with Gasteiger partial charge in [0.15, 0.2) is 11.5 Å². The first-order valence-corrected chi connectivity index (χ1v) is 9.38. The van der Waals surface area contributed by atoms with Gasteiger partial charge in [-0.25, -0.2) is 9.69 Å². The lowest BCUT2D eigenvalue weighted by Gasteiger charge is -2.31. The molecule has 7 heteroatoms. The van der Waals surface area contributed by atoms with Gasteiger partial charge in [-0.05, 0) is 42.2 Å². The first kappa shape index (κ1) is 17.1. The van der Waals surface area contributed by atoms with E-state index >= 15 is 0 Å². The van der Waals surface area contributed by atoms with E-state index in [1.165, 1.54) is 16.0 Å². The van der Waals surface area contributed by atoms with Crippen LogP contribution in [0.2, 0.25) is 0 Å². The Labute approximate surface area is 162 Å². The molecule has 0 bridgehead atoms. The van der Waals surface area contributed by atoms with Crippen LogP contribution in [0.25, 0.3) is 0 Å². The third kappa shape index (κ3) is 2.62. The second-order valence-electron chi connectivity index (χ2n) is 7.57. The Morgan fingerprint density at radius 2 is 1.86 bits per heavy atom. The van der Waals surface area contributed by atoms with Gasteiger partial charge >= 0.3 is 6.03 Å². The number of fused-ring (bicyclic) bond motifs is 2. The Kier molecular flexibility index (Phi) is 3.80. The highest BCUT2D eigenvalue weighted by Crippen LogP contribution is 2.38. The minimum absolute atomic E-state index is 0.165. The quantitative estimate of drug-likeness (QED) is 0.828. The van der Waals surface area contributed by atoms with Crippen molar-refractivity contribution in [3.63, 3.8) is 0 Å². The number of imide groups is 1. The zero-order chi connectivity index (χ0) is 19.3. The van der Waals surface area contributed by atoms with Gasteiger partial charge in [0.2, 0.25) is 6.79 Å². The molecular weight excluding hydrogens is 358 g/mol. The fraction of sp³-hybridized carbons (Fsp3) is 0.333. The second kappa shape index (κ2) is 6.24. The van der Waals surface area contributed by atoms with Crippen LogP contribution in [0.3, 0.4) is 0 Å². The van der Waals surface area contributed by atoms with Gasteiger partial charge in [-0.2, -0.15) is 0 Å². The third-order valence-electron chi connectivity index (χ3n) is 5.78. The van der Waals surface area contributed by atoms with Gasteiger partial charge in [0, 0.05) is 13.1 Å². The molecule has 2 aromatic rings. The van der Waals surface area contributed by atoms with Crippen LogP contribution in [0.4, 0.5) is 4.79 Å². The fourth-order valence-electron chi connectivity index (χ4n) is 4.10. The molecule has 7 nitrogen and oxygen atoms in total. The van der Waals surface area contributed by atoms with Gasteiger partial charge in [0.25, 0.3) is 5.91 Å². The number of nitrogens with one attached hydrogen (secondary N) is 1. The number of ether oxygens (including phenoxy) is 2. The molecule has 3 aliphatic rings. The lowest BCUT2D eigenvalue weighted by atomic mass is 9.91. The van der Waals surface area contributed by atoms with E-state index in [0.29, 0.717) is 17.1 Å². The molecule has 1 saturated heterocycles.